The van der Waals surface area contributed by atoms with Gasteiger partial charge in [-0.3, -0.25) is 4.99 Å². The molecule has 130 valence electrons. The molecule has 0 bridgehead atoms. The maximum Gasteiger partial charge on any atom is 0.191 e. The SMILES string of the molecule is CN=C(NCCCCSC)NCC1(N(C)C)CCCC(C)C1. The van der Waals surface area contributed by atoms with Crippen molar-refractivity contribution in [2.45, 2.75) is 51.0 Å². The van der Waals surface area contributed by atoms with Gasteiger partial charge in [0.15, 0.2) is 5.96 Å². The van der Waals surface area contributed by atoms with Crippen LogP contribution in [0.3, 0.4) is 0 Å². The lowest BCUT2D eigenvalue weighted by atomic mass is 9.75. The topological polar surface area (TPSA) is 39.7 Å². The number of hydrogen-bond donors (Lipinski definition) is 2. The van der Waals surface area contributed by atoms with Crippen molar-refractivity contribution in [2.24, 2.45) is 10.9 Å². The molecule has 1 saturated carbocycles. The van der Waals surface area contributed by atoms with Gasteiger partial charge in [-0.1, -0.05) is 19.8 Å². The predicted octanol–water partition coefficient (Wildman–Crippen LogP) is 2.81. The maximum atomic E-state index is 4.37. The van der Waals surface area contributed by atoms with E-state index in [0.717, 1.165) is 25.0 Å². The summed E-state index contributed by atoms with van der Waals surface area (Å²) in [5.74, 6) is 3.01. The van der Waals surface area contributed by atoms with Crippen LogP contribution < -0.4 is 10.6 Å². The summed E-state index contributed by atoms with van der Waals surface area (Å²) in [6.07, 6.45) is 9.90. The Morgan fingerprint density at radius 1 is 1.32 bits per heavy atom. The summed E-state index contributed by atoms with van der Waals surface area (Å²) < 4.78 is 0. The van der Waals surface area contributed by atoms with E-state index in [2.05, 4.69) is 47.8 Å². The molecule has 0 spiro atoms. The Morgan fingerprint density at radius 3 is 2.68 bits per heavy atom. The number of hydrogen-bond acceptors (Lipinski definition) is 3. The van der Waals surface area contributed by atoms with Crippen LogP contribution in [0.2, 0.25) is 0 Å². The summed E-state index contributed by atoms with van der Waals surface area (Å²) in [5, 5.41) is 7.01. The van der Waals surface area contributed by atoms with E-state index in [4.69, 9.17) is 0 Å². The molecule has 2 unspecified atom stereocenters. The first kappa shape index (κ1) is 19.6. The highest BCUT2D eigenvalue weighted by Crippen LogP contribution is 2.35. The number of nitrogens with one attached hydrogen (secondary N) is 2. The third kappa shape index (κ3) is 6.37. The molecule has 0 amide bonds. The fourth-order valence-corrected chi connectivity index (χ4v) is 3.90. The lowest BCUT2D eigenvalue weighted by molar-refractivity contribution is 0.0796. The van der Waals surface area contributed by atoms with Crippen LogP contribution in [0.5, 0.6) is 0 Å². The molecule has 0 aromatic carbocycles. The first-order valence-electron chi connectivity index (χ1n) is 8.65. The van der Waals surface area contributed by atoms with E-state index >= 15 is 0 Å². The van der Waals surface area contributed by atoms with Gasteiger partial charge in [0.05, 0.1) is 0 Å². The first-order valence-corrected chi connectivity index (χ1v) is 10.0. The fourth-order valence-electron chi connectivity index (χ4n) is 3.40. The highest BCUT2D eigenvalue weighted by Gasteiger charge is 2.36. The Balaban J connectivity index is 2.42. The molecular weight excluding hydrogens is 292 g/mol. The van der Waals surface area contributed by atoms with Gasteiger partial charge in [-0.25, -0.2) is 0 Å². The van der Waals surface area contributed by atoms with Gasteiger partial charge in [-0.05, 0) is 57.7 Å². The van der Waals surface area contributed by atoms with Crippen LogP contribution in [0, 0.1) is 5.92 Å². The smallest absolute Gasteiger partial charge is 0.191 e. The number of nitrogens with zero attached hydrogens (tertiary/aromatic N) is 2. The monoisotopic (exact) mass is 328 g/mol. The van der Waals surface area contributed by atoms with Gasteiger partial charge < -0.3 is 15.5 Å². The highest BCUT2D eigenvalue weighted by atomic mass is 32.2. The van der Waals surface area contributed by atoms with Crippen LogP contribution in [0.25, 0.3) is 0 Å². The van der Waals surface area contributed by atoms with Gasteiger partial charge in [0.2, 0.25) is 0 Å². The largest absolute Gasteiger partial charge is 0.356 e. The van der Waals surface area contributed by atoms with Crippen molar-refractivity contribution < 1.29 is 0 Å². The Hall–Kier alpha value is -0.420. The average Bonchev–Trinajstić information content (AvgIpc) is 2.50. The first-order chi connectivity index (χ1) is 10.5. The minimum atomic E-state index is 0.272. The Bertz CT molecular complexity index is 333. The summed E-state index contributed by atoms with van der Waals surface area (Å²) in [6.45, 7) is 4.37. The minimum Gasteiger partial charge on any atom is -0.356 e. The summed E-state index contributed by atoms with van der Waals surface area (Å²) in [4.78, 5) is 6.79. The molecule has 1 rings (SSSR count). The van der Waals surface area contributed by atoms with Gasteiger partial charge in [0.1, 0.15) is 0 Å². The normalized spacial score (nSPS) is 26.3. The third-order valence-electron chi connectivity index (χ3n) is 4.89. The predicted molar refractivity (Wildman–Crippen MR) is 101 cm³/mol. The second kappa shape index (κ2) is 10.4. The lowest BCUT2D eigenvalue weighted by Gasteiger charge is -2.45. The van der Waals surface area contributed by atoms with Gasteiger partial charge in [-0.2, -0.15) is 11.8 Å². The quantitative estimate of drug-likeness (QED) is 0.408. The molecule has 2 N–H and O–H groups in total. The summed E-state index contributed by atoms with van der Waals surface area (Å²) in [7, 11) is 6.31. The van der Waals surface area contributed by atoms with E-state index in [1.807, 2.05) is 18.8 Å². The molecule has 1 aliphatic rings. The van der Waals surface area contributed by atoms with Gasteiger partial charge in [0.25, 0.3) is 0 Å². The molecule has 0 saturated heterocycles. The molecular formula is C17H36N4S. The maximum absolute atomic E-state index is 4.37. The Labute approximate surface area is 141 Å². The number of aliphatic imine (C=N–C) groups is 1. The number of guanidine groups is 1. The molecule has 0 aliphatic heterocycles. The number of thioether (sulfide) groups is 1. The van der Waals surface area contributed by atoms with Crippen LogP contribution in [0.15, 0.2) is 4.99 Å². The van der Waals surface area contributed by atoms with Crippen LogP contribution in [0.4, 0.5) is 0 Å². The highest BCUT2D eigenvalue weighted by molar-refractivity contribution is 7.98. The van der Waals surface area contributed by atoms with Crippen LogP contribution in [-0.2, 0) is 0 Å². The fraction of sp³-hybridized carbons (Fsp3) is 0.941. The molecule has 2 atom stereocenters. The average molecular weight is 329 g/mol. The molecule has 0 aromatic rings. The standard InChI is InChI=1S/C17H36N4S/c1-15-9-8-10-17(13-15,21(3)4)14-20-16(18-2)19-11-6-7-12-22-5/h15H,6-14H2,1-5H3,(H2,18,19,20). The molecule has 4 nitrogen and oxygen atoms in total. The van der Waals surface area contributed by atoms with E-state index in [0.29, 0.717) is 0 Å². The Kier molecular flexibility index (Phi) is 9.25. The molecule has 1 fully saturated rings. The number of likely N-dealkylation sites (N-methyl/N-ethyl adjacent to an activating group) is 1. The summed E-state index contributed by atoms with van der Waals surface area (Å²) >= 11 is 1.92. The second-order valence-corrected chi connectivity index (χ2v) is 7.86. The zero-order chi connectivity index (χ0) is 16.4. The summed E-state index contributed by atoms with van der Waals surface area (Å²) in [6, 6.07) is 0. The minimum absolute atomic E-state index is 0.272. The zero-order valence-electron chi connectivity index (χ0n) is 15.2. The molecule has 22 heavy (non-hydrogen) atoms. The third-order valence-corrected chi connectivity index (χ3v) is 5.59. The van der Waals surface area contributed by atoms with Gasteiger partial charge in [0, 0.05) is 25.7 Å². The van der Waals surface area contributed by atoms with Crippen molar-refractivity contribution in [3.05, 3.63) is 0 Å². The van der Waals surface area contributed by atoms with Crippen LogP contribution in [0.1, 0.15) is 45.4 Å². The van der Waals surface area contributed by atoms with Crippen molar-refractivity contribution in [2.75, 3.05) is 46.2 Å². The zero-order valence-corrected chi connectivity index (χ0v) is 16.1. The molecule has 0 radical (unpaired) electrons. The number of rotatable bonds is 8. The lowest BCUT2D eigenvalue weighted by Crippen LogP contribution is -2.56. The van der Waals surface area contributed by atoms with E-state index in [9.17, 15) is 0 Å². The number of unbranched alkanes of at least 4 members (excludes halogenated alkanes) is 1. The van der Waals surface area contributed by atoms with Crippen molar-refractivity contribution >= 4 is 17.7 Å². The van der Waals surface area contributed by atoms with Crippen molar-refractivity contribution in [3.63, 3.8) is 0 Å². The van der Waals surface area contributed by atoms with Gasteiger partial charge >= 0.3 is 0 Å². The molecule has 5 heteroatoms. The van der Waals surface area contributed by atoms with E-state index in [-0.39, 0.29) is 5.54 Å². The van der Waals surface area contributed by atoms with E-state index in [1.54, 1.807) is 0 Å². The molecule has 0 aromatic heterocycles. The second-order valence-electron chi connectivity index (χ2n) is 6.87. The molecule has 0 heterocycles. The van der Waals surface area contributed by atoms with Crippen molar-refractivity contribution in [1.29, 1.82) is 0 Å². The molecule has 1 aliphatic carbocycles. The van der Waals surface area contributed by atoms with Gasteiger partial charge in [-0.15, -0.1) is 0 Å². The van der Waals surface area contributed by atoms with Crippen molar-refractivity contribution in [1.82, 2.24) is 15.5 Å². The van der Waals surface area contributed by atoms with Crippen LogP contribution >= 0.6 is 11.8 Å². The van der Waals surface area contributed by atoms with Crippen LogP contribution in [-0.4, -0.2) is 62.6 Å². The van der Waals surface area contributed by atoms with Crippen molar-refractivity contribution in [3.8, 4) is 0 Å². The van der Waals surface area contributed by atoms with E-state index in [1.165, 1.54) is 44.3 Å². The summed E-state index contributed by atoms with van der Waals surface area (Å²) in [5.41, 5.74) is 0.272. The Morgan fingerprint density at radius 2 is 2.09 bits per heavy atom. The van der Waals surface area contributed by atoms with E-state index < -0.39 is 0 Å².